The van der Waals surface area contributed by atoms with Gasteiger partial charge in [-0.3, -0.25) is 47.9 Å². The SMILES string of the molecule is CC(C)C[C@@H]1NC(=O)[C@H](CCCN)NC(=O)[C@H](C(C)C)NC(=O)[C@H](CCCN)NC(=O)[C@H](CCCN)NC(=O)[C@H](CCCN)NC(=O)[C@@H](Cc2ccccc2)NC(=O)[C@H](Cc2ccccc2)NC(=O)[C@@H]2CCCN2C(=O)[C@@H](Cc2ccccc2)NC1=O. The summed E-state index contributed by atoms with van der Waals surface area (Å²) in [5, 5.41) is 25.4. The number of nitrogens with two attached hydrogens (primary N) is 4. The highest BCUT2D eigenvalue weighted by Crippen LogP contribution is 2.22. The van der Waals surface area contributed by atoms with Gasteiger partial charge >= 0.3 is 0 Å². The van der Waals surface area contributed by atoms with Crippen molar-refractivity contribution in [1.29, 1.82) is 0 Å². The molecule has 17 N–H and O–H groups in total. The van der Waals surface area contributed by atoms with Crippen molar-refractivity contribution in [2.75, 3.05) is 32.7 Å². The minimum atomic E-state index is -1.34. The molecule has 0 aliphatic carbocycles. The van der Waals surface area contributed by atoms with Crippen LogP contribution in [0.25, 0.3) is 0 Å². The maximum Gasteiger partial charge on any atom is 0.246 e. The number of hydrogen-bond acceptors (Lipinski definition) is 14. The van der Waals surface area contributed by atoms with Gasteiger partial charge in [-0.1, -0.05) is 119 Å². The van der Waals surface area contributed by atoms with Gasteiger partial charge in [-0.05, 0) is 125 Å². The van der Waals surface area contributed by atoms with Gasteiger partial charge < -0.3 is 75.7 Å². The molecule has 3 aromatic carbocycles. The van der Waals surface area contributed by atoms with E-state index in [1.165, 1.54) is 4.90 Å². The topological polar surface area (TPSA) is 386 Å². The lowest BCUT2D eigenvalue weighted by atomic mass is 9.99. The Labute approximate surface area is 511 Å². The fourth-order valence-corrected chi connectivity index (χ4v) is 10.7. The Balaban J connectivity index is 1.62. The zero-order valence-corrected chi connectivity index (χ0v) is 50.9. The molecule has 24 nitrogen and oxygen atoms in total. The number of fused-ring (bicyclic) bond motifs is 1. The summed E-state index contributed by atoms with van der Waals surface area (Å²) >= 11 is 0. The van der Waals surface area contributed by atoms with Gasteiger partial charge in [0, 0.05) is 25.8 Å². The summed E-state index contributed by atoms with van der Waals surface area (Å²) in [4.78, 5) is 148. The number of benzene rings is 3. The number of amides is 10. The van der Waals surface area contributed by atoms with Crippen LogP contribution in [0.5, 0.6) is 0 Å². The van der Waals surface area contributed by atoms with E-state index in [1.54, 1.807) is 98.8 Å². The normalized spacial score (nSPS) is 24.8. The Bertz CT molecular complexity index is 2720. The van der Waals surface area contributed by atoms with Crippen LogP contribution in [0.2, 0.25) is 0 Å². The lowest BCUT2D eigenvalue weighted by molar-refractivity contribution is -0.142. The number of nitrogens with one attached hydrogen (secondary N) is 9. The smallest absolute Gasteiger partial charge is 0.246 e. The van der Waals surface area contributed by atoms with Crippen LogP contribution in [0.1, 0.15) is 115 Å². The second-order valence-electron chi connectivity index (χ2n) is 23.3. The summed E-state index contributed by atoms with van der Waals surface area (Å²) in [7, 11) is 0. The van der Waals surface area contributed by atoms with Gasteiger partial charge in [-0.15, -0.1) is 0 Å². The van der Waals surface area contributed by atoms with Crippen molar-refractivity contribution in [3.8, 4) is 0 Å². The fraction of sp³-hybridized carbons (Fsp3) is 0.556. The minimum Gasteiger partial charge on any atom is -0.343 e. The molecule has 87 heavy (non-hydrogen) atoms. The second kappa shape index (κ2) is 36.4. The zero-order valence-electron chi connectivity index (χ0n) is 50.9. The van der Waals surface area contributed by atoms with E-state index in [-0.39, 0.29) is 122 Å². The Morgan fingerprint density at radius 3 is 1.08 bits per heavy atom. The molecule has 24 heteroatoms. The fourth-order valence-electron chi connectivity index (χ4n) is 10.7. The summed E-state index contributed by atoms with van der Waals surface area (Å²) in [5.41, 5.74) is 25.7. The van der Waals surface area contributed by atoms with Crippen LogP contribution >= 0.6 is 0 Å². The molecule has 0 bridgehead atoms. The average Bonchev–Trinajstić information content (AvgIpc) is 4.03. The maximum atomic E-state index is 15.1. The molecule has 0 unspecified atom stereocenters. The highest BCUT2D eigenvalue weighted by Gasteiger charge is 2.41. The van der Waals surface area contributed by atoms with E-state index in [0.29, 0.717) is 23.1 Å². The molecule has 476 valence electrons. The summed E-state index contributed by atoms with van der Waals surface area (Å²) in [5.74, 6) is -7.93. The van der Waals surface area contributed by atoms with Crippen LogP contribution in [-0.4, -0.2) is 157 Å². The van der Waals surface area contributed by atoms with Crippen LogP contribution in [0, 0.1) is 11.8 Å². The van der Waals surface area contributed by atoms with Gasteiger partial charge in [-0.2, -0.15) is 0 Å². The highest BCUT2D eigenvalue weighted by molar-refractivity contribution is 6.00. The largest absolute Gasteiger partial charge is 0.343 e. The first-order chi connectivity index (χ1) is 41.8. The Morgan fingerprint density at radius 1 is 0.391 bits per heavy atom. The molecule has 0 aromatic heterocycles. The molecular weight excluding hydrogens is 1110 g/mol. The van der Waals surface area contributed by atoms with Gasteiger partial charge in [0.15, 0.2) is 0 Å². The molecule has 5 rings (SSSR count). The lowest BCUT2D eigenvalue weighted by Gasteiger charge is -2.32. The number of carbonyl (C=O) groups excluding carboxylic acids is 10. The quantitative estimate of drug-likeness (QED) is 0.0654. The average molecular weight is 1210 g/mol. The van der Waals surface area contributed by atoms with Gasteiger partial charge in [-0.25, -0.2) is 0 Å². The minimum absolute atomic E-state index is 0.000358. The molecule has 2 aliphatic rings. The van der Waals surface area contributed by atoms with Crippen LogP contribution < -0.4 is 70.8 Å². The van der Waals surface area contributed by atoms with Crippen molar-refractivity contribution in [2.24, 2.45) is 34.8 Å². The van der Waals surface area contributed by atoms with Crippen LogP contribution in [0.3, 0.4) is 0 Å². The van der Waals surface area contributed by atoms with Gasteiger partial charge in [0.05, 0.1) is 0 Å². The summed E-state index contributed by atoms with van der Waals surface area (Å²) in [6.45, 7) is 7.75. The predicted molar refractivity (Wildman–Crippen MR) is 330 cm³/mol. The molecular formula is C63H94N14O10. The van der Waals surface area contributed by atoms with Crippen molar-refractivity contribution >= 4 is 59.1 Å². The first-order valence-electron chi connectivity index (χ1n) is 30.7. The number of carbonyl (C=O) groups is 10. The molecule has 2 saturated heterocycles. The van der Waals surface area contributed by atoms with Crippen molar-refractivity contribution in [3.05, 3.63) is 108 Å². The van der Waals surface area contributed by atoms with E-state index < -0.39 is 125 Å². The molecule has 0 saturated carbocycles. The van der Waals surface area contributed by atoms with Crippen LogP contribution in [0.15, 0.2) is 91.0 Å². The molecule has 2 aliphatic heterocycles. The Kier molecular flexibility index (Phi) is 29.2. The van der Waals surface area contributed by atoms with Gasteiger partial charge in [0.2, 0.25) is 59.1 Å². The molecule has 2 heterocycles. The van der Waals surface area contributed by atoms with E-state index in [0.717, 1.165) is 0 Å². The van der Waals surface area contributed by atoms with E-state index in [9.17, 15) is 43.2 Å². The molecule has 3 aromatic rings. The van der Waals surface area contributed by atoms with E-state index in [1.807, 2.05) is 19.9 Å². The first-order valence-corrected chi connectivity index (χ1v) is 30.7. The van der Waals surface area contributed by atoms with Crippen molar-refractivity contribution in [1.82, 2.24) is 52.8 Å². The maximum absolute atomic E-state index is 15.1. The van der Waals surface area contributed by atoms with Crippen molar-refractivity contribution in [2.45, 2.75) is 178 Å². The Morgan fingerprint density at radius 2 is 0.701 bits per heavy atom. The van der Waals surface area contributed by atoms with Gasteiger partial charge in [0.25, 0.3) is 0 Å². The van der Waals surface area contributed by atoms with Gasteiger partial charge in [0.1, 0.15) is 60.4 Å². The Hall–Kier alpha value is -7.80. The first kappa shape index (κ1) is 70.0. The predicted octanol–water partition coefficient (Wildman–Crippen LogP) is -0.260. The standard InChI is InChI=1S/C63H94N14O10/c1-39(2)35-48-58(82)75-51(38-43-23-12-7-13-24-43)63(87)77-34-18-29-52(77)61(85)74-50(37-42-21-10-6-11-22-42)60(84)73-49(36-41-19-8-5-9-20-41)59(83)70-45(26-15-31-65)55(79)68-44(25-14-30-64)54(78)69-47(28-17-33-67)57(81)76-53(40(3)4)62(86)71-46(27-16-32-66)56(80)72-48/h5-13,19-24,39-40,44-53H,14-18,25-38,64-67H2,1-4H3,(H,68,79)(H,69,78)(H,70,83)(H,71,86)(H,72,80)(H,73,84)(H,74,85)(H,75,82)(H,76,81)/t44-,45-,46-,47-,48-,49+,50-,51+,52-,53-/m0/s1. The van der Waals surface area contributed by atoms with Crippen molar-refractivity contribution in [3.63, 3.8) is 0 Å². The van der Waals surface area contributed by atoms with Crippen molar-refractivity contribution < 1.29 is 47.9 Å². The molecule has 10 amide bonds. The van der Waals surface area contributed by atoms with Crippen LogP contribution in [0.4, 0.5) is 0 Å². The third kappa shape index (κ3) is 22.5. The van der Waals surface area contributed by atoms with Crippen LogP contribution in [-0.2, 0) is 67.2 Å². The van der Waals surface area contributed by atoms with E-state index in [2.05, 4.69) is 47.9 Å². The molecule has 2 fully saturated rings. The number of rotatable bonds is 21. The zero-order chi connectivity index (χ0) is 63.4. The molecule has 0 radical (unpaired) electrons. The summed E-state index contributed by atoms with van der Waals surface area (Å²) < 4.78 is 0. The highest BCUT2D eigenvalue weighted by atomic mass is 16.2. The third-order valence-corrected chi connectivity index (χ3v) is 15.5. The summed E-state index contributed by atoms with van der Waals surface area (Å²) in [6, 6.07) is 14.1. The number of nitrogens with zero attached hydrogens (tertiary/aromatic N) is 1. The lowest BCUT2D eigenvalue weighted by Crippen LogP contribution is -2.62. The monoisotopic (exact) mass is 1210 g/mol. The van der Waals surface area contributed by atoms with E-state index in [4.69, 9.17) is 22.9 Å². The van der Waals surface area contributed by atoms with E-state index >= 15 is 4.79 Å². The third-order valence-electron chi connectivity index (χ3n) is 15.5. The number of hydrogen-bond donors (Lipinski definition) is 13. The summed E-state index contributed by atoms with van der Waals surface area (Å²) in [6.07, 6.45) is 1.77. The molecule has 0 spiro atoms. The second-order valence-corrected chi connectivity index (χ2v) is 23.3. The molecule has 10 atom stereocenters.